The number of aromatic nitrogens is 1. The van der Waals surface area contributed by atoms with Gasteiger partial charge in [-0.25, -0.2) is 8.96 Å². The molecule has 2 aromatic carbocycles. The lowest BCUT2D eigenvalue weighted by molar-refractivity contribution is -0.0387. The molecule has 1 aromatic heterocycles. The van der Waals surface area contributed by atoms with E-state index in [9.17, 15) is 19.0 Å². The Morgan fingerprint density at radius 1 is 1.21 bits per heavy atom. The number of hydrogen-bond acceptors (Lipinski definition) is 4. The highest BCUT2D eigenvalue weighted by Gasteiger charge is 2.38. The van der Waals surface area contributed by atoms with E-state index in [2.05, 4.69) is 4.98 Å². The molecule has 146 valence electrons. The molecule has 0 radical (unpaired) electrons. The van der Waals surface area contributed by atoms with Crippen molar-refractivity contribution in [2.45, 2.75) is 31.0 Å². The van der Waals surface area contributed by atoms with E-state index in [1.54, 1.807) is 24.4 Å². The fourth-order valence-electron chi connectivity index (χ4n) is 3.94. The molecule has 8 heteroatoms. The van der Waals surface area contributed by atoms with Gasteiger partial charge in [0.15, 0.2) is 0 Å². The number of hydrogen-bond donors (Lipinski definition) is 3. The van der Waals surface area contributed by atoms with Crippen LogP contribution in [-0.4, -0.2) is 21.6 Å². The molecule has 1 aliphatic heterocycles. The van der Waals surface area contributed by atoms with Gasteiger partial charge in [-0.1, -0.05) is 24.3 Å². The van der Waals surface area contributed by atoms with E-state index in [1.165, 1.54) is 6.07 Å². The summed E-state index contributed by atoms with van der Waals surface area (Å²) < 4.78 is 36.2. The first kappa shape index (κ1) is 18.0. The normalized spacial score (nSPS) is 26.5. The number of halogens is 1. The third-order valence-corrected chi connectivity index (χ3v) is 6.71. The molecule has 1 saturated carbocycles. The molecule has 3 N–H and O–H groups in total. The van der Waals surface area contributed by atoms with Crippen LogP contribution in [0.3, 0.4) is 0 Å². The molecular formula is C20H19FNO5P. The van der Waals surface area contributed by atoms with Gasteiger partial charge in [-0.3, -0.25) is 9.05 Å². The first-order valence-electron chi connectivity index (χ1n) is 9.14. The van der Waals surface area contributed by atoms with E-state index >= 15 is 0 Å². The van der Waals surface area contributed by atoms with Gasteiger partial charge in [-0.2, -0.15) is 0 Å². The van der Waals surface area contributed by atoms with Crippen LogP contribution in [0, 0.1) is 5.82 Å². The second kappa shape index (κ2) is 6.24. The molecule has 28 heavy (non-hydrogen) atoms. The number of benzene rings is 2. The molecule has 1 aliphatic carbocycles. The first-order valence-corrected chi connectivity index (χ1v) is 10.6. The Morgan fingerprint density at radius 3 is 2.57 bits per heavy atom. The number of fused-ring (bicyclic) bond motifs is 1. The molecule has 5 rings (SSSR count). The molecule has 3 aromatic rings. The number of nitrogens with one attached hydrogen (secondary N) is 1. The highest BCUT2D eigenvalue weighted by atomic mass is 31.2. The minimum atomic E-state index is -4.03. The number of aliphatic hydroxyl groups is 1. The van der Waals surface area contributed by atoms with Crippen LogP contribution in [0.15, 0.2) is 42.6 Å². The van der Waals surface area contributed by atoms with E-state index in [-0.39, 0.29) is 12.4 Å². The van der Waals surface area contributed by atoms with E-state index in [0.29, 0.717) is 27.6 Å². The van der Waals surface area contributed by atoms with Crippen molar-refractivity contribution in [2.75, 3.05) is 6.61 Å². The summed E-state index contributed by atoms with van der Waals surface area (Å²) in [5.74, 6) is -0.382. The lowest BCUT2D eigenvalue weighted by Gasteiger charge is -2.37. The Labute approximate surface area is 160 Å². The summed E-state index contributed by atoms with van der Waals surface area (Å²) in [6.45, 7) is -0.0410. The molecule has 0 spiro atoms. The molecule has 2 atom stereocenters. The van der Waals surface area contributed by atoms with Crippen LogP contribution in [0.4, 0.5) is 4.39 Å². The van der Waals surface area contributed by atoms with Gasteiger partial charge in [0, 0.05) is 28.2 Å². The maximum atomic E-state index is 14.7. The highest BCUT2D eigenvalue weighted by Crippen LogP contribution is 2.55. The number of aromatic amines is 1. The van der Waals surface area contributed by atoms with Gasteiger partial charge in [0.25, 0.3) is 0 Å². The van der Waals surface area contributed by atoms with Crippen molar-refractivity contribution in [3.63, 3.8) is 0 Å². The zero-order valence-electron chi connectivity index (χ0n) is 14.9. The van der Waals surface area contributed by atoms with Crippen LogP contribution in [0.1, 0.15) is 36.5 Å². The second-order valence-electron chi connectivity index (χ2n) is 7.44. The SMILES string of the molecule is O=P1(O)OC[C@H](c2c[nH]c3cc(F)c(-c4ccc(C5(O)CCC5)cc4)cc23)O1. The van der Waals surface area contributed by atoms with Gasteiger partial charge in [0.05, 0.1) is 12.2 Å². The summed E-state index contributed by atoms with van der Waals surface area (Å²) >= 11 is 0. The van der Waals surface area contributed by atoms with E-state index in [4.69, 9.17) is 9.05 Å². The third-order valence-electron chi connectivity index (χ3n) is 5.71. The van der Waals surface area contributed by atoms with Crippen LogP contribution >= 0.6 is 7.82 Å². The Balaban J connectivity index is 1.53. The number of H-pyrrole nitrogens is 1. The van der Waals surface area contributed by atoms with Gasteiger partial charge in [0.1, 0.15) is 11.9 Å². The van der Waals surface area contributed by atoms with E-state index in [1.807, 2.05) is 12.1 Å². The predicted octanol–water partition coefficient (Wildman–Crippen LogP) is 4.53. The first-order chi connectivity index (χ1) is 13.3. The number of rotatable bonds is 3. The van der Waals surface area contributed by atoms with E-state index < -0.39 is 19.5 Å². The van der Waals surface area contributed by atoms with Gasteiger partial charge in [-0.15, -0.1) is 0 Å². The standard InChI is InChI=1S/C20H19FNO5P/c21-17-9-18-15(16(10-22-18)19-11-26-28(24,25)27-19)8-14(17)12-2-4-13(5-3-12)20(23)6-1-7-20/h2-5,8-10,19,22-23H,1,6-7,11H2,(H,24,25)/t19-/m1/s1. The Morgan fingerprint density at radius 2 is 1.96 bits per heavy atom. The Kier molecular flexibility index (Phi) is 4.02. The average molecular weight is 403 g/mol. The molecule has 0 amide bonds. The van der Waals surface area contributed by atoms with Crippen molar-refractivity contribution < 1.29 is 28.0 Å². The molecule has 2 aliphatic rings. The second-order valence-corrected chi connectivity index (χ2v) is 8.85. The Bertz CT molecular complexity index is 1110. The largest absolute Gasteiger partial charge is 0.472 e. The van der Waals surface area contributed by atoms with Gasteiger partial charge in [0.2, 0.25) is 0 Å². The van der Waals surface area contributed by atoms with Crippen LogP contribution in [0.2, 0.25) is 0 Å². The lowest BCUT2D eigenvalue weighted by Crippen LogP contribution is -2.33. The quantitative estimate of drug-likeness (QED) is 0.559. The minimum Gasteiger partial charge on any atom is -0.385 e. The predicted molar refractivity (Wildman–Crippen MR) is 101 cm³/mol. The van der Waals surface area contributed by atoms with Crippen LogP contribution < -0.4 is 0 Å². The lowest BCUT2D eigenvalue weighted by atomic mass is 9.75. The fourth-order valence-corrected chi connectivity index (χ4v) is 4.82. The summed E-state index contributed by atoms with van der Waals surface area (Å²) in [6, 6.07) is 10.4. The maximum Gasteiger partial charge on any atom is 0.472 e. The van der Waals surface area contributed by atoms with Crippen molar-refractivity contribution in [1.82, 2.24) is 4.98 Å². The third kappa shape index (κ3) is 2.91. The summed E-state index contributed by atoms with van der Waals surface area (Å²) in [5, 5.41) is 11.2. The molecule has 2 fully saturated rings. The van der Waals surface area contributed by atoms with Crippen molar-refractivity contribution in [3.8, 4) is 11.1 Å². The fraction of sp³-hybridized carbons (Fsp3) is 0.300. The zero-order valence-corrected chi connectivity index (χ0v) is 15.8. The van der Waals surface area contributed by atoms with Crippen molar-refractivity contribution >= 4 is 18.7 Å². The molecule has 1 saturated heterocycles. The highest BCUT2D eigenvalue weighted by molar-refractivity contribution is 7.47. The van der Waals surface area contributed by atoms with Crippen LogP contribution in [-0.2, 0) is 19.2 Å². The summed E-state index contributed by atoms with van der Waals surface area (Å²) in [4.78, 5) is 12.4. The monoisotopic (exact) mass is 403 g/mol. The van der Waals surface area contributed by atoms with Gasteiger partial charge >= 0.3 is 7.82 Å². The van der Waals surface area contributed by atoms with Gasteiger partial charge in [-0.05, 0) is 42.5 Å². The molecule has 2 heterocycles. The summed E-state index contributed by atoms with van der Waals surface area (Å²) in [5.41, 5.74) is 2.40. The smallest absolute Gasteiger partial charge is 0.385 e. The minimum absolute atomic E-state index is 0.0410. The van der Waals surface area contributed by atoms with Crippen LogP contribution in [0.5, 0.6) is 0 Å². The average Bonchev–Trinajstić information content (AvgIpc) is 3.21. The Hall–Kier alpha value is -2.02. The molecule has 0 bridgehead atoms. The maximum absolute atomic E-state index is 14.7. The molecule has 1 unspecified atom stereocenters. The molecule has 6 nitrogen and oxygen atoms in total. The summed E-state index contributed by atoms with van der Waals surface area (Å²) in [7, 11) is -4.03. The van der Waals surface area contributed by atoms with Gasteiger partial charge < -0.3 is 15.0 Å². The van der Waals surface area contributed by atoms with E-state index in [0.717, 1.165) is 24.8 Å². The van der Waals surface area contributed by atoms with Crippen molar-refractivity contribution in [3.05, 3.63) is 59.5 Å². The van der Waals surface area contributed by atoms with Crippen LogP contribution in [0.25, 0.3) is 22.0 Å². The van der Waals surface area contributed by atoms with Crippen molar-refractivity contribution in [2.24, 2.45) is 0 Å². The zero-order chi connectivity index (χ0) is 19.5. The topological polar surface area (TPSA) is 91.8 Å². The summed E-state index contributed by atoms with van der Waals surface area (Å²) in [6.07, 6.45) is 3.45. The van der Waals surface area contributed by atoms with Crippen molar-refractivity contribution in [1.29, 1.82) is 0 Å². The molecular weight excluding hydrogens is 384 g/mol. The number of phosphoric acid groups is 1. The number of phosphoric ester groups is 1.